The number of hydrogen-bond acceptors (Lipinski definition) is 4. The van der Waals surface area contributed by atoms with Crippen molar-refractivity contribution < 1.29 is 76.0 Å². The summed E-state index contributed by atoms with van der Waals surface area (Å²) in [6.07, 6.45) is -27.2. The summed E-state index contributed by atoms with van der Waals surface area (Å²) in [7, 11) is 0. The molecule has 0 N–H and O–H groups in total. The highest BCUT2D eigenvalue weighted by atomic mass is 19.4. The first-order valence-corrected chi connectivity index (χ1v) is 8.20. The fourth-order valence-electron chi connectivity index (χ4n) is 2.07. The molecule has 2 unspecified atom stereocenters. The zero-order valence-corrected chi connectivity index (χ0v) is 15.8. The summed E-state index contributed by atoms with van der Waals surface area (Å²) >= 11 is 0. The first kappa shape index (κ1) is 28.7. The van der Waals surface area contributed by atoms with Gasteiger partial charge in [-0.15, -0.1) is 0 Å². The SMILES string of the molecule is C=C(F)C(F)(F)OC(F)(C(F)(F)F)C(F)(F)OC(F)(COCCC1(C)COC1)C(F)(F)F. The predicted octanol–water partition coefficient (Wildman–Crippen LogP) is 5.59. The zero-order valence-electron chi connectivity index (χ0n) is 15.8. The summed E-state index contributed by atoms with van der Waals surface area (Å²) in [5.74, 6) is -16.2. The second-order valence-corrected chi connectivity index (χ2v) is 7.07. The summed E-state index contributed by atoms with van der Waals surface area (Å²) in [5.41, 5.74) is -0.624. The Hall–Kier alpha value is -1.33. The van der Waals surface area contributed by atoms with Crippen molar-refractivity contribution in [1.82, 2.24) is 0 Å². The molecule has 0 aromatic heterocycles. The summed E-state index contributed by atoms with van der Waals surface area (Å²) in [4.78, 5) is 0. The van der Waals surface area contributed by atoms with Crippen molar-refractivity contribution in [2.24, 2.45) is 5.41 Å². The first-order valence-electron chi connectivity index (χ1n) is 8.20. The molecule has 1 aliphatic rings. The summed E-state index contributed by atoms with van der Waals surface area (Å²) in [5, 5.41) is 0. The highest BCUT2D eigenvalue weighted by Crippen LogP contribution is 2.53. The first-order chi connectivity index (χ1) is 14.0. The average Bonchev–Trinajstić information content (AvgIpc) is 2.54. The molecule has 4 nitrogen and oxygen atoms in total. The lowest BCUT2D eigenvalue weighted by molar-refractivity contribution is -0.529. The van der Waals surface area contributed by atoms with Crippen LogP contribution in [-0.2, 0) is 18.9 Å². The van der Waals surface area contributed by atoms with E-state index < -0.39 is 60.7 Å². The van der Waals surface area contributed by atoms with Gasteiger partial charge in [0.05, 0.1) is 13.2 Å². The van der Waals surface area contributed by atoms with Gasteiger partial charge in [-0.25, -0.2) is 4.39 Å². The Morgan fingerprint density at radius 1 is 0.875 bits per heavy atom. The van der Waals surface area contributed by atoms with Gasteiger partial charge >= 0.3 is 36.3 Å². The normalized spacial score (nSPS) is 21.4. The largest absolute Gasteiger partial charge is 0.458 e. The minimum absolute atomic E-state index is 0.110. The van der Waals surface area contributed by atoms with E-state index in [1.165, 1.54) is 0 Å². The Bertz CT molecular complexity index is 673. The smallest absolute Gasteiger partial charge is 0.380 e. The molecule has 1 aliphatic heterocycles. The van der Waals surface area contributed by atoms with Crippen LogP contribution in [-0.4, -0.2) is 62.7 Å². The van der Waals surface area contributed by atoms with E-state index in [0.29, 0.717) is 0 Å². The monoisotopic (exact) mass is 506 g/mol. The maximum atomic E-state index is 14.2. The van der Waals surface area contributed by atoms with E-state index in [9.17, 15) is 57.1 Å². The minimum atomic E-state index is -7.28. The second kappa shape index (κ2) is 8.79. The third kappa shape index (κ3) is 5.96. The van der Waals surface area contributed by atoms with Crippen molar-refractivity contribution >= 4 is 0 Å². The molecular weight excluding hydrogens is 491 g/mol. The van der Waals surface area contributed by atoms with Crippen molar-refractivity contribution in [3.05, 3.63) is 12.4 Å². The molecule has 1 fully saturated rings. The Balaban J connectivity index is 3.16. The van der Waals surface area contributed by atoms with Crippen LogP contribution in [0.5, 0.6) is 0 Å². The molecule has 32 heavy (non-hydrogen) atoms. The molecule has 0 aromatic rings. The van der Waals surface area contributed by atoms with Gasteiger partial charge in [0.15, 0.2) is 5.83 Å². The van der Waals surface area contributed by atoms with Gasteiger partial charge in [-0.3, -0.25) is 9.47 Å². The van der Waals surface area contributed by atoms with Crippen LogP contribution in [0.3, 0.4) is 0 Å². The third-order valence-corrected chi connectivity index (χ3v) is 4.08. The maximum Gasteiger partial charge on any atom is 0.458 e. The van der Waals surface area contributed by atoms with Crippen molar-refractivity contribution in [3.8, 4) is 0 Å². The van der Waals surface area contributed by atoms with Crippen molar-refractivity contribution in [1.29, 1.82) is 0 Å². The molecule has 190 valence electrons. The predicted molar refractivity (Wildman–Crippen MR) is 76.5 cm³/mol. The van der Waals surface area contributed by atoms with Crippen LogP contribution in [0, 0.1) is 5.41 Å². The highest BCUT2D eigenvalue weighted by molar-refractivity contribution is 4.97. The topological polar surface area (TPSA) is 36.9 Å². The molecule has 0 amide bonds. The number of ether oxygens (including phenoxy) is 4. The summed E-state index contributed by atoms with van der Waals surface area (Å²) in [6, 6.07) is 0. The van der Waals surface area contributed by atoms with Crippen molar-refractivity contribution in [2.45, 2.75) is 49.6 Å². The van der Waals surface area contributed by atoms with E-state index in [4.69, 9.17) is 4.74 Å². The molecular formula is C15H15F13O4. The highest BCUT2D eigenvalue weighted by Gasteiger charge is 2.80. The van der Waals surface area contributed by atoms with Crippen LogP contribution < -0.4 is 0 Å². The van der Waals surface area contributed by atoms with Crippen LogP contribution >= 0.6 is 0 Å². The van der Waals surface area contributed by atoms with E-state index in [-0.39, 0.29) is 19.6 Å². The third-order valence-electron chi connectivity index (χ3n) is 4.08. The maximum absolute atomic E-state index is 14.2. The van der Waals surface area contributed by atoms with Gasteiger partial charge in [0.1, 0.15) is 6.61 Å². The Labute approximate surface area is 171 Å². The molecule has 1 saturated heterocycles. The standard InChI is InChI=1S/C15H15F13O4/c1-8(16)11(18,19)32-12(20,14(24,25)26)15(27,28)31-10(17,13(21,22)23)7-29-4-3-9(2)5-30-6-9/h1,3-7H2,2H3. The zero-order chi connectivity index (χ0) is 25.4. The lowest BCUT2D eigenvalue weighted by atomic mass is 9.85. The molecule has 0 radical (unpaired) electrons. The van der Waals surface area contributed by atoms with Gasteiger partial charge in [-0.05, 0) is 6.42 Å². The molecule has 0 aromatic carbocycles. The Morgan fingerprint density at radius 3 is 1.72 bits per heavy atom. The summed E-state index contributed by atoms with van der Waals surface area (Å²) in [6.45, 7) is 0.215. The van der Waals surface area contributed by atoms with Gasteiger partial charge in [0.2, 0.25) is 0 Å². The van der Waals surface area contributed by atoms with Gasteiger partial charge in [-0.2, -0.15) is 52.7 Å². The fourth-order valence-corrected chi connectivity index (χ4v) is 2.07. The number of rotatable bonds is 11. The Morgan fingerprint density at radius 2 is 1.38 bits per heavy atom. The summed E-state index contributed by atoms with van der Waals surface area (Å²) < 4.78 is 185. The molecule has 2 atom stereocenters. The van der Waals surface area contributed by atoms with Crippen molar-refractivity contribution in [3.63, 3.8) is 0 Å². The minimum Gasteiger partial charge on any atom is -0.380 e. The number of halogens is 13. The fraction of sp³-hybridized carbons (Fsp3) is 0.867. The molecule has 17 heteroatoms. The van der Waals surface area contributed by atoms with E-state index >= 15 is 0 Å². The molecule has 0 spiro atoms. The van der Waals surface area contributed by atoms with Gasteiger partial charge in [-0.1, -0.05) is 13.5 Å². The lowest BCUT2D eigenvalue weighted by Crippen LogP contribution is -2.65. The van der Waals surface area contributed by atoms with Crippen molar-refractivity contribution in [2.75, 3.05) is 26.4 Å². The van der Waals surface area contributed by atoms with Crippen LogP contribution in [0.1, 0.15) is 13.3 Å². The second-order valence-electron chi connectivity index (χ2n) is 7.07. The van der Waals surface area contributed by atoms with Crippen LogP contribution in [0.4, 0.5) is 57.1 Å². The molecule has 0 aliphatic carbocycles. The lowest BCUT2D eigenvalue weighted by Gasteiger charge is -2.39. The van der Waals surface area contributed by atoms with Crippen LogP contribution in [0.15, 0.2) is 12.4 Å². The van der Waals surface area contributed by atoms with E-state index in [2.05, 4.69) is 14.2 Å². The molecule has 1 rings (SSSR count). The van der Waals surface area contributed by atoms with Crippen LogP contribution in [0.25, 0.3) is 0 Å². The average molecular weight is 506 g/mol. The number of alkyl halides is 12. The molecule has 0 saturated carbocycles. The van der Waals surface area contributed by atoms with E-state index in [1.54, 1.807) is 13.5 Å². The Kier molecular flexibility index (Phi) is 7.89. The van der Waals surface area contributed by atoms with E-state index in [1.807, 2.05) is 0 Å². The van der Waals surface area contributed by atoms with Gasteiger partial charge < -0.3 is 9.47 Å². The molecule has 1 heterocycles. The molecule has 0 bridgehead atoms. The quantitative estimate of drug-likeness (QED) is 0.271. The van der Waals surface area contributed by atoms with Gasteiger partial charge in [0, 0.05) is 12.0 Å². The van der Waals surface area contributed by atoms with Gasteiger partial charge in [0.25, 0.3) is 0 Å². The number of hydrogen-bond donors (Lipinski definition) is 0. The van der Waals surface area contributed by atoms with E-state index in [0.717, 1.165) is 0 Å². The van der Waals surface area contributed by atoms with Crippen LogP contribution in [0.2, 0.25) is 0 Å².